The van der Waals surface area contributed by atoms with Crippen molar-refractivity contribution < 1.29 is 19.8 Å². The molecule has 1 aliphatic rings. The van der Waals surface area contributed by atoms with Gasteiger partial charge >= 0.3 is 12.0 Å². The van der Waals surface area contributed by atoms with Crippen LogP contribution in [0.3, 0.4) is 0 Å². The molecule has 6 heteroatoms. The fourth-order valence-electron chi connectivity index (χ4n) is 2.55. The number of carbonyl (C=O) groups excluding carboxylic acids is 1. The summed E-state index contributed by atoms with van der Waals surface area (Å²) in [5.74, 6) is -0.605. The Morgan fingerprint density at radius 2 is 1.90 bits per heavy atom. The smallest absolute Gasteiger partial charge is 0.317 e. The van der Waals surface area contributed by atoms with Gasteiger partial charge in [-0.15, -0.1) is 0 Å². The van der Waals surface area contributed by atoms with E-state index in [1.165, 1.54) is 0 Å². The van der Waals surface area contributed by atoms with E-state index in [4.69, 9.17) is 10.2 Å². The van der Waals surface area contributed by atoms with E-state index in [-0.39, 0.29) is 43.6 Å². The van der Waals surface area contributed by atoms with Crippen molar-refractivity contribution in [1.29, 1.82) is 0 Å². The third-order valence-corrected chi connectivity index (χ3v) is 3.88. The predicted octanol–water partition coefficient (Wildman–Crippen LogP) is 1.43. The number of aliphatic hydroxyl groups is 1. The SMILES string of the molecule is CCC(CC)N(CCO)C(=O)NC(CC(=O)O)C1CC1. The Labute approximate surface area is 120 Å². The summed E-state index contributed by atoms with van der Waals surface area (Å²) in [6.07, 6.45) is 3.55. The summed E-state index contributed by atoms with van der Waals surface area (Å²) >= 11 is 0. The quantitative estimate of drug-likeness (QED) is 0.598. The molecule has 0 bridgehead atoms. The molecular weight excluding hydrogens is 260 g/mol. The molecule has 116 valence electrons. The zero-order valence-electron chi connectivity index (χ0n) is 12.3. The first kappa shape index (κ1) is 16.8. The maximum atomic E-state index is 12.3. The van der Waals surface area contributed by atoms with Gasteiger partial charge < -0.3 is 20.4 Å². The van der Waals surface area contributed by atoms with Crippen LogP contribution in [-0.4, -0.2) is 52.3 Å². The van der Waals surface area contributed by atoms with Gasteiger partial charge in [-0.1, -0.05) is 13.8 Å². The summed E-state index contributed by atoms with van der Waals surface area (Å²) in [7, 11) is 0. The lowest BCUT2D eigenvalue weighted by Gasteiger charge is -2.31. The van der Waals surface area contributed by atoms with Crippen molar-refractivity contribution in [2.75, 3.05) is 13.2 Å². The predicted molar refractivity (Wildman–Crippen MR) is 75.5 cm³/mol. The van der Waals surface area contributed by atoms with Crippen LogP contribution in [0.1, 0.15) is 46.0 Å². The van der Waals surface area contributed by atoms with E-state index in [1.54, 1.807) is 4.90 Å². The Bertz CT molecular complexity index is 327. The number of carboxylic acids is 1. The van der Waals surface area contributed by atoms with Gasteiger partial charge in [-0.05, 0) is 31.6 Å². The fraction of sp³-hybridized carbons (Fsp3) is 0.857. The van der Waals surface area contributed by atoms with Crippen molar-refractivity contribution in [1.82, 2.24) is 10.2 Å². The van der Waals surface area contributed by atoms with Gasteiger partial charge in [-0.3, -0.25) is 4.79 Å². The van der Waals surface area contributed by atoms with Gasteiger partial charge in [0.05, 0.1) is 13.0 Å². The van der Waals surface area contributed by atoms with Gasteiger partial charge in [-0.25, -0.2) is 4.79 Å². The Morgan fingerprint density at radius 3 is 2.30 bits per heavy atom. The first-order valence-corrected chi connectivity index (χ1v) is 7.43. The number of nitrogens with zero attached hydrogens (tertiary/aromatic N) is 1. The molecule has 0 heterocycles. The Morgan fingerprint density at radius 1 is 1.30 bits per heavy atom. The molecule has 0 aliphatic heterocycles. The van der Waals surface area contributed by atoms with Crippen LogP contribution in [0.4, 0.5) is 4.79 Å². The van der Waals surface area contributed by atoms with Crippen molar-refractivity contribution in [3.63, 3.8) is 0 Å². The Hall–Kier alpha value is -1.30. The van der Waals surface area contributed by atoms with Crippen LogP contribution in [0, 0.1) is 5.92 Å². The van der Waals surface area contributed by atoms with Crippen LogP contribution in [0.25, 0.3) is 0 Å². The summed E-state index contributed by atoms with van der Waals surface area (Å²) in [6.45, 7) is 4.20. The molecule has 0 aromatic heterocycles. The number of hydrogen-bond donors (Lipinski definition) is 3. The van der Waals surface area contributed by atoms with E-state index in [0.717, 1.165) is 25.7 Å². The van der Waals surface area contributed by atoms with Crippen molar-refractivity contribution in [2.45, 2.75) is 58.0 Å². The number of nitrogens with one attached hydrogen (secondary N) is 1. The second-order valence-corrected chi connectivity index (χ2v) is 5.38. The van der Waals surface area contributed by atoms with E-state index in [0.29, 0.717) is 0 Å². The largest absolute Gasteiger partial charge is 0.481 e. The van der Waals surface area contributed by atoms with Gasteiger partial charge in [-0.2, -0.15) is 0 Å². The number of amides is 2. The lowest BCUT2D eigenvalue weighted by atomic mass is 10.1. The average Bonchev–Trinajstić information content (AvgIpc) is 3.22. The second kappa shape index (κ2) is 8.09. The van der Waals surface area contributed by atoms with Crippen LogP contribution in [-0.2, 0) is 4.79 Å². The van der Waals surface area contributed by atoms with Gasteiger partial charge in [0.25, 0.3) is 0 Å². The van der Waals surface area contributed by atoms with Gasteiger partial charge in [0.1, 0.15) is 0 Å². The highest BCUT2D eigenvalue weighted by Crippen LogP contribution is 2.34. The third kappa shape index (κ3) is 5.00. The molecule has 3 N–H and O–H groups in total. The van der Waals surface area contributed by atoms with Gasteiger partial charge in [0.2, 0.25) is 0 Å². The number of hydrogen-bond acceptors (Lipinski definition) is 3. The molecular formula is C14H26N2O4. The van der Waals surface area contributed by atoms with Gasteiger partial charge in [0.15, 0.2) is 0 Å². The van der Waals surface area contributed by atoms with E-state index >= 15 is 0 Å². The number of carbonyl (C=O) groups is 2. The molecule has 20 heavy (non-hydrogen) atoms. The molecule has 0 aromatic rings. The van der Waals surface area contributed by atoms with E-state index < -0.39 is 5.97 Å². The third-order valence-electron chi connectivity index (χ3n) is 3.88. The minimum absolute atomic E-state index is 0.0354. The van der Waals surface area contributed by atoms with Gasteiger partial charge in [0, 0.05) is 18.6 Å². The Balaban J connectivity index is 2.64. The molecule has 0 saturated heterocycles. The maximum Gasteiger partial charge on any atom is 0.317 e. The molecule has 1 fully saturated rings. The van der Waals surface area contributed by atoms with E-state index in [9.17, 15) is 9.59 Å². The van der Waals surface area contributed by atoms with Crippen LogP contribution < -0.4 is 5.32 Å². The number of carboxylic acid groups (broad SMARTS) is 1. The summed E-state index contributed by atoms with van der Waals surface area (Å²) < 4.78 is 0. The highest BCUT2D eigenvalue weighted by molar-refractivity contribution is 5.76. The molecule has 0 spiro atoms. The topological polar surface area (TPSA) is 89.9 Å². The summed E-state index contributed by atoms with van der Waals surface area (Å²) in [4.78, 5) is 24.8. The first-order chi connectivity index (χ1) is 9.53. The Kier molecular flexibility index (Phi) is 6.78. The highest BCUT2D eigenvalue weighted by Gasteiger charge is 2.35. The number of urea groups is 1. The molecule has 2 amide bonds. The van der Waals surface area contributed by atoms with Crippen molar-refractivity contribution in [2.24, 2.45) is 5.92 Å². The highest BCUT2D eigenvalue weighted by atomic mass is 16.4. The minimum Gasteiger partial charge on any atom is -0.481 e. The molecule has 0 aromatic carbocycles. The molecule has 1 rings (SSSR count). The first-order valence-electron chi connectivity index (χ1n) is 7.43. The monoisotopic (exact) mass is 286 g/mol. The van der Waals surface area contributed by atoms with Crippen LogP contribution in [0.5, 0.6) is 0 Å². The molecule has 1 unspecified atom stereocenters. The summed E-state index contributed by atoms with van der Waals surface area (Å²) in [6, 6.07) is -0.478. The van der Waals surface area contributed by atoms with E-state index in [2.05, 4.69) is 5.32 Å². The fourth-order valence-corrected chi connectivity index (χ4v) is 2.55. The molecule has 1 atom stereocenters. The molecule has 1 saturated carbocycles. The average molecular weight is 286 g/mol. The standard InChI is InChI=1S/C14H26N2O4/c1-3-11(4-2)16(7-8-17)14(20)15-12(9-13(18)19)10-5-6-10/h10-12,17H,3-9H2,1-2H3,(H,15,20)(H,18,19). The lowest BCUT2D eigenvalue weighted by molar-refractivity contribution is -0.137. The van der Waals surface area contributed by atoms with Crippen molar-refractivity contribution in [3.8, 4) is 0 Å². The summed E-state index contributed by atoms with van der Waals surface area (Å²) in [5, 5.41) is 20.9. The van der Waals surface area contributed by atoms with Crippen LogP contribution in [0.2, 0.25) is 0 Å². The van der Waals surface area contributed by atoms with Crippen molar-refractivity contribution >= 4 is 12.0 Å². The second-order valence-electron chi connectivity index (χ2n) is 5.38. The number of aliphatic carboxylic acids is 1. The molecule has 1 aliphatic carbocycles. The zero-order valence-corrected chi connectivity index (χ0v) is 12.3. The van der Waals surface area contributed by atoms with E-state index in [1.807, 2.05) is 13.8 Å². The number of rotatable bonds is 9. The molecule has 0 radical (unpaired) electrons. The minimum atomic E-state index is -0.890. The molecule has 6 nitrogen and oxygen atoms in total. The summed E-state index contributed by atoms with van der Waals surface area (Å²) in [5.41, 5.74) is 0. The van der Waals surface area contributed by atoms with Crippen LogP contribution in [0.15, 0.2) is 0 Å². The van der Waals surface area contributed by atoms with Crippen molar-refractivity contribution in [3.05, 3.63) is 0 Å². The maximum absolute atomic E-state index is 12.3. The van der Waals surface area contributed by atoms with Crippen LogP contribution >= 0.6 is 0 Å². The number of aliphatic hydroxyl groups excluding tert-OH is 1. The lowest BCUT2D eigenvalue weighted by Crippen LogP contribution is -2.51. The zero-order chi connectivity index (χ0) is 15.1. The normalized spacial score (nSPS) is 16.0.